The lowest BCUT2D eigenvalue weighted by molar-refractivity contribution is 0.421. The summed E-state index contributed by atoms with van der Waals surface area (Å²) in [6.07, 6.45) is 3.28. The van der Waals surface area contributed by atoms with Crippen LogP contribution in [0.25, 0.3) is 0 Å². The largest absolute Gasteiger partial charge is 0.368 e. The van der Waals surface area contributed by atoms with Gasteiger partial charge in [-0.25, -0.2) is 4.98 Å². The monoisotopic (exact) mass is 249 g/mol. The van der Waals surface area contributed by atoms with Crippen LogP contribution >= 0.6 is 0 Å². The minimum atomic E-state index is 0.377. The van der Waals surface area contributed by atoms with Crippen molar-refractivity contribution in [1.82, 2.24) is 9.97 Å². The van der Waals surface area contributed by atoms with Crippen LogP contribution in [0.4, 0.5) is 11.8 Å². The van der Waals surface area contributed by atoms with E-state index < -0.39 is 0 Å². The van der Waals surface area contributed by atoms with E-state index in [1.807, 2.05) is 0 Å². The van der Waals surface area contributed by atoms with Crippen LogP contribution in [0.2, 0.25) is 0 Å². The summed E-state index contributed by atoms with van der Waals surface area (Å²) in [4.78, 5) is 11.0. The minimum Gasteiger partial charge on any atom is -0.368 e. The first-order valence-electron chi connectivity index (χ1n) is 6.73. The molecular formula is C13H23N5. The Morgan fingerprint density at radius 3 is 2.83 bits per heavy atom. The molecule has 4 N–H and O–H groups in total. The Morgan fingerprint density at radius 2 is 2.17 bits per heavy atom. The van der Waals surface area contributed by atoms with Crippen LogP contribution in [0, 0.1) is 12.8 Å². The lowest BCUT2D eigenvalue weighted by Gasteiger charge is -2.34. The van der Waals surface area contributed by atoms with Crippen molar-refractivity contribution < 1.29 is 0 Å². The van der Waals surface area contributed by atoms with Crippen molar-refractivity contribution in [3.63, 3.8) is 0 Å². The lowest BCUT2D eigenvalue weighted by atomic mass is 9.98. The predicted octanol–water partition coefficient (Wildman–Crippen LogP) is 1.10. The van der Waals surface area contributed by atoms with E-state index in [-0.39, 0.29) is 0 Å². The van der Waals surface area contributed by atoms with Gasteiger partial charge in [0, 0.05) is 18.7 Å². The van der Waals surface area contributed by atoms with Crippen molar-refractivity contribution in [1.29, 1.82) is 0 Å². The van der Waals surface area contributed by atoms with E-state index in [9.17, 15) is 0 Å². The molecule has 1 aliphatic heterocycles. The number of hydrogen-bond acceptors (Lipinski definition) is 5. The molecule has 1 atom stereocenters. The maximum absolute atomic E-state index is 5.80. The summed E-state index contributed by atoms with van der Waals surface area (Å²) in [5.74, 6) is 1.94. The van der Waals surface area contributed by atoms with Gasteiger partial charge in [-0.1, -0.05) is 6.92 Å². The maximum Gasteiger partial charge on any atom is 0.222 e. The summed E-state index contributed by atoms with van der Waals surface area (Å²) < 4.78 is 0. The number of aromatic nitrogens is 2. The van der Waals surface area contributed by atoms with Crippen molar-refractivity contribution in [3.05, 3.63) is 11.3 Å². The SMILES string of the molecule is CCc1nc(N)nc(N2CCC[C@H](CN)C2)c1C. The molecule has 0 aromatic carbocycles. The highest BCUT2D eigenvalue weighted by Crippen LogP contribution is 2.26. The summed E-state index contributed by atoms with van der Waals surface area (Å²) in [7, 11) is 0. The third kappa shape index (κ3) is 2.56. The third-order valence-electron chi connectivity index (χ3n) is 3.72. The molecule has 0 unspecified atom stereocenters. The second kappa shape index (κ2) is 5.52. The van der Waals surface area contributed by atoms with Gasteiger partial charge >= 0.3 is 0 Å². The number of anilines is 2. The van der Waals surface area contributed by atoms with Gasteiger partial charge in [0.25, 0.3) is 0 Å². The Balaban J connectivity index is 2.29. The van der Waals surface area contributed by atoms with Crippen molar-refractivity contribution in [2.45, 2.75) is 33.1 Å². The Hall–Kier alpha value is -1.36. The van der Waals surface area contributed by atoms with Crippen LogP contribution in [0.3, 0.4) is 0 Å². The number of nitrogens with zero attached hydrogens (tertiary/aromatic N) is 3. The Bertz CT molecular complexity index is 418. The van der Waals surface area contributed by atoms with Gasteiger partial charge in [-0.05, 0) is 38.6 Å². The second-order valence-electron chi connectivity index (χ2n) is 5.02. The van der Waals surface area contributed by atoms with Gasteiger partial charge in [0.1, 0.15) is 5.82 Å². The lowest BCUT2D eigenvalue weighted by Crippen LogP contribution is -2.39. The molecule has 1 aliphatic rings. The summed E-state index contributed by atoms with van der Waals surface area (Å²) in [6, 6.07) is 0. The van der Waals surface area contributed by atoms with Gasteiger partial charge in [0.05, 0.1) is 5.69 Å². The molecule has 0 spiro atoms. The van der Waals surface area contributed by atoms with Crippen LogP contribution < -0.4 is 16.4 Å². The molecule has 100 valence electrons. The van der Waals surface area contributed by atoms with E-state index in [0.717, 1.165) is 43.1 Å². The smallest absolute Gasteiger partial charge is 0.222 e. The van der Waals surface area contributed by atoms with Gasteiger partial charge in [0.2, 0.25) is 5.95 Å². The van der Waals surface area contributed by atoms with Crippen molar-refractivity contribution in [2.75, 3.05) is 30.3 Å². The molecular weight excluding hydrogens is 226 g/mol. The zero-order valence-corrected chi connectivity index (χ0v) is 11.3. The standard InChI is InChI=1S/C13H23N5/c1-3-11-9(2)12(17-13(15)16-11)18-6-4-5-10(7-14)8-18/h10H,3-8,14H2,1-2H3,(H2,15,16,17)/t10-/m1/s1. The first-order chi connectivity index (χ1) is 8.65. The number of piperidine rings is 1. The number of nitrogen functional groups attached to an aromatic ring is 1. The van der Waals surface area contributed by atoms with E-state index in [0.29, 0.717) is 11.9 Å². The van der Waals surface area contributed by atoms with Crippen LogP contribution in [-0.4, -0.2) is 29.6 Å². The number of hydrogen-bond donors (Lipinski definition) is 2. The zero-order chi connectivity index (χ0) is 13.1. The van der Waals surface area contributed by atoms with Gasteiger partial charge in [-0.3, -0.25) is 0 Å². The molecule has 2 heterocycles. The molecule has 5 heteroatoms. The van der Waals surface area contributed by atoms with E-state index in [2.05, 4.69) is 28.7 Å². The van der Waals surface area contributed by atoms with Gasteiger partial charge in [0.15, 0.2) is 0 Å². The van der Waals surface area contributed by atoms with E-state index in [1.165, 1.54) is 12.8 Å². The Kier molecular flexibility index (Phi) is 4.01. The van der Waals surface area contributed by atoms with E-state index >= 15 is 0 Å². The van der Waals surface area contributed by atoms with Crippen LogP contribution in [0.1, 0.15) is 31.0 Å². The number of rotatable bonds is 3. The molecule has 0 bridgehead atoms. The summed E-state index contributed by atoms with van der Waals surface area (Å²) in [6.45, 7) is 6.95. The van der Waals surface area contributed by atoms with Crippen molar-refractivity contribution in [3.8, 4) is 0 Å². The fourth-order valence-electron chi connectivity index (χ4n) is 2.67. The molecule has 0 saturated carbocycles. The average Bonchev–Trinajstić information content (AvgIpc) is 2.41. The molecule has 2 rings (SSSR count). The zero-order valence-electron chi connectivity index (χ0n) is 11.3. The van der Waals surface area contributed by atoms with Gasteiger partial charge in [-0.2, -0.15) is 4.98 Å². The highest BCUT2D eigenvalue weighted by Gasteiger charge is 2.22. The highest BCUT2D eigenvalue weighted by atomic mass is 15.2. The van der Waals surface area contributed by atoms with Crippen LogP contribution in [0.15, 0.2) is 0 Å². The topological polar surface area (TPSA) is 81.1 Å². The molecule has 0 amide bonds. The van der Waals surface area contributed by atoms with Crippen LogP contribution in [0.5, 0.6) is 0 Å². The van der Waals surface area contributed by atoms with E-state index in [1.54, 1.807) is 0 Å². The van der Waals surface area contributed by atoms with E-state index in [4.69, 9.17) is 11.5 Å². The normalized spacial score (nSPS) is 20.2. The van der Waals surface area contributed by atoms with Gasteiger partial charge in [-0.15, -0.1) is 0 Å². The summed E-state index contributed by atoms with van der Waals surface area (Å²) >= 11 is 0. The fraction of sp³-hybridized carbons (Fsp3) is 0.692. The van der Waals surface area contributed by atoms with Crippen molar-refractivity contribution >= 4 is 11.8 Å². The van der Waals surface area contributed by atoms with Crippen LogP contribution in [-0.2, 0) is 6.42 Å². The minimum absolute atomic E-state index is 0.377. The predicted molar refractivity (Wildman–Crippen MR) is 74.6 cm³/mol. The molecule has 1 fully saturated rings. The highest BCUT2D eigenvalue weighted by molar-refractivity contribution is 5.51. The van der Waals surface area contributed by atoms with Gasteiger partial charge < -0.3 is 16.4 Å². The molecule has 18 heavy (non-hydrogen) atoms. The summed E-state index contributed by atoms with van der Waals surface area (Å²) in [5, 5.41) is 0. The maximum atomic E-state index is 5.80. The molecule has 1 aromatic heterocycles. The number of nitrogens with two attached hydrogens (primary N) is 2. The first kappa shape index (κ1) is 13.1. The molecule has 1 aromatic rings. The number of aryl methyl sites for hydroxylation is 1. The quantitative estimate of drug-likeness (QED) is 0.838. The van der Waals surface area contributed by atoms with Crippen molar-refractivity contribution in [2.24, 2.45) is 11.7 Å². The second-order valence-corrected chi connectivity index (χ2v) is 5.02. The molecule has 0 radical (unpaired) electrons. The average molecular weight is 249 g/mol. The molecule has 5 nitrogen and oxygen atoms in total. The third-order valence-corrected chi connectivity index (χ3v) is 3.72. The Labute approximate surface area is 109 Å². The fourth-order valence-corrected chi connectivity index (χ4v) is 2.67. The first-order valence-corrected chi connectivity index (χ1v) is 6.73. The Morgan fingerprint density at radius 1 is 1.39 bits per heavy atom. The molecule has 0 aliphatic carbocycles. The molecule has 1 saturated heterocycles. The summed E-state index contributed by atoms with van der Waals surface area (Å²) in [5.41, 5.74) is 13.8.